The van der Waals surface area contributed by atoms with Crippen molar-refractivity contribution in [1.29, 1.82) is 0 Å². The second-order valence-corrected chi connectivity index (χ2v) is 23.3. The summed E-state index contributed by atoms with van der Waals surface area (Å²) in [6.07, 6.45) is 19.5. The molecule has 4 aromatic carbocycles. The van der Waals surface area contributed by atoms with Gasteiger partial charge in [0.25, 0.3) is 0 Å². The van der Waals surface area contributed by atoms with Crippen molar-refractivity contribution in [3.8, 4) is 0 Å². The SMILES string of the molecule is CCCCN(CCCC)c1ccc([SiH](O[SiH](c2ccc(N(CCCC)CCCC)cc2)c2ccc(N(CCCC)CCCC)cc2)c2ccc(N(CCCC)CCCC)cc2)cc1. The van der Waals surface area contributed by atoms with Gasteiger partial charge in [0.1, 0.15) is 0 Å². The fourth-order valence-electron chi connectivity index (χ4n) is 8.55. The number of hydrogen-bond acceptors (Lipinski definition) is 5. The highest BCUT2D eigenvalue weighted by Gasteiger charge is 2.28. The number of anilines is 4. The van der Waals surface area contributed by atoms with Crippen LogP contribution < -0.4 is 40.3 Å². The van der Waals surface area contributed by atoms with Gasteiger partial charge in [0.15, 0.2) is 0 Å². The minimum Gasteiger partial charge on any atom is -0.446 e. The van der Waals surface area contributed by atoms with Crippen LogP contribution in [0.4, 0.5) is 22.7 Å². The lowest BCUT2D eigenvalue weighted by atomic mass is 10.2. The van der Waals surface area contributed by atoms with E-state index in [1.807, 2.05) is 0 Å². The smallest absolute Gasteiger partial charge is 0.228 e. The summed E-state index contributed by atoms with van der Waals surface area (Å²) in [5.74, 6) is 0. The summed E-state index contributed by atoms with van der Waals surface area (Å²) in [6, 6.07) is 38.6. The molecule has 0 saturated carbocycles. The van der Waals surface area contributed by atoms with Gasteiger partial charge in [-0.2, -0.15) is 0 Å². The molecule has 4 rings (SSSR count). The Morgan fingerprint density at radius 3 is 0.571 bits per heavy atom. The molecule has 0 aliphatic rings. The Morgan fingerprint density at radius 1 is 0.270 bits per heavy atom. The van der Waals surface area contributed by atoms with E-state index in [4.69, 9.17) is 4.12 Å². The highest BCUT2D eigenvalue weighted by Crippen LogP contribution is 2.20. The van der Waals surface area contributed by atoms with E-state index in [0.717, 1.165) is 52.4 Å². The molecule has 0 saturated heterocycles. The van der Waals surface area contributed by atoms with Crippen LogP contribution in [-0.2, 0) is 4.12 Å². The predicted octanol–water partition coefficient (Wildman–Crippen LogP) is 11.7. The second-order valence-electron chi connectivity index (χ2n) is 18.0. The van der Waals surface area contributed by atoms with Crippen molar-refractivity contribution >= 4 is 61.6 Å². The van der Waals surface area contributed by atoms with Gasteiger partial charge >= 0.3 is 0 Å². The molecule has 0 aliphatic carbocycles. The third-order valence-corrected chi connectivity index (χ3v) is 18.9. The number of benzene rings is 4. The first-order valence-corrected chi connectivity index (χ1v) is 29.2. The molecule has 0 N–H and O–H groups in total. The van der Waals surface area contributed by atoms with E-state index < -0.39 is 18.1 Å². The van der Waals surface area contributed by atoms with Gasteiger partial charge in [-0.25, -0.2) is 0 Å². The fourth-order valence-corrected chi connectivity index (χ4v) is 15.1. The lowest BCUT2D eigenvalue weighted by Gasteiger charge is -2.29. The molecule has 0 bridgehead atoms. The van der Waals surface area contributed by atoms with Crippen LogP contribution in [0.15, 0.2) is 97.1 Å². The quantitative estimate of drug-likeness (QED) is 0.0435. The van der Waals surface area contributed by atoms with Gasteiger partial charge in [-0.05, 0) is 121 Å². The van der Waals surface area contributed by atoms with Crippen LogP contribution >= 0.6 is 0 Å². The van der Waals surface area contributed by atoms with Crippen LogP contribution in [0.3, 0.4) is 0 Å². The molecule has 0 aromatic heterocycles. The van der Waals surface area contributed by atoms with E-state index in [1.165, 1.54) is 146 Å². The van der Waals surface area contributed by atoms with Gasteiger partial charge in [0, 0.05) is 75.1 Å². The first kappa shape index (κ1) is 52.1. The predicted molar refractivity (Wildman–Crippen MR) is 288 cm³/mol. The van der Waals surface area contributed by atoms with Crippen LogP contribution in [0.1, 0.15) is 158 Å². The third-order valence-electron chi connectivity index (χ3n) is 12.8. The molecule has 0 unspecified atom stereocenters. The molecule has 0 amide bonds. The average Bonchev–Trinajstić information content (AvgIpc) is 3.33. The Hall–Kier alpha value is -3.53. The van der Waals surface area contributed by atoms with Gasteiger partial charge < -0.3 is 23.7 Å². The molecule has 0 radical (unpaired) electrons. The van der Waals surface area contributed by atoms with E-state index in [2.05, 4.69) is 172 Å². The molecule has 0 atom stereocenters. The zero-order valence-electron chi connectivity index (χ0n) is 41.6. The lowest BCUT2D eigenvalue weighted by Crippen LogP contribution is -2.56. The van der Waals surface area contributed by atoms with E-state index >= 15 is 0 Å². The van der Waals surface area contributed by atoms with Crippen molar-refractivity contribution in [1.82, 2.24) is 0 Å². The van der Waals surface area contributed by atoms with Crippen molar-refractivity contribution in [3.05, 3.63) is 97.1 Å². The Balaban J connectivity index is 1.83. The number of hydrogen-bond donors (Lipinski definition) is 0. The molecule has 4 aromatic rings. The largest absolute Gasteiger partial charge is 0.446 e. The fraction of sp³-hybridized carbons (Fsp3) is 0.571. The van der Waals surface area contributed by atoms with Crippen LogP contribution in [0.25, 0.3) is 0 Å². The average molecular weight is 892 g/mol. The second kappa shape index (κ2) is 30.6. The molecular formula is C56H90N4OSi2. The van der Waals surface area contributed by atoms with Crippen LogP contribution in [0.2, 0.25) is 0 Å². The van der Waals surface area contributed by atoms with Crippen LogP contribution in [0.5, 0.6) is 0 Å². The summed E-state index contributed by atoms with van der Waals surface area (Å²) in [7, 11) is -4.33. The minimum absolute atomic E-state index is 1.12. The third kappa shape index (κ3) is 17.1. The Labute approximate surface area is 391 Å². The highest BCUT2D eigenvalue weighted by molar-refractivity contribution is 6.91. The summed E-state index contributed by atoms with van der Waals surface area (Å²) < 4.78 is 7.94. The summed E-state index contributed by atoms with van der Waals surface area (Å²) in [5, 5.41) is 5.47. The maximum atomic E-state index is 7.94. The summed E-state index contributed by atoms with van der Waals surface area (Å²) in [6.45, 7) is 27.4. The summed E-state index contributed by atoms with van der Waals surface area (Å²) in [4.78, 5) is 10.4. The van der Waals surface area contributed by atoms with Gasteiger partial charge in [0.05, 0.1) is 0 Å². The number of rotatable bonds is 34. The summed E-state index contributed by atoms with van der Waals surface area (Å²) in [5.41, 5.74) is 5.38. The Bertz CT molecular complexity index is 1450. The van der Waals surface area contributed by atoms with Gasteiger partial charge in [-0.3, -0.25) is 0 Å². The van der Waals surface area contributed by atoms with Gasteiger partial charge in [0.2, 0.25) is 18.1 Å². The molecule has 348 valence electrons. The Morgan fingerprint density at radius 2 is 0.429 bits per heavy atom. The first-order chi connectivity index (χ1) is 30.9. The number of unbranched alkanes of at least 4 members (excludes halogenated alkanes) is 8. The molecular weight excluding hydrogens is 801 g/mol. The standard InChI is InChI=1S/C56H90N4OSi2/c1-9-17-41-57(42-18-10-2)49-25-33-53(34-26-49)62(54-35-27-50(28-36-54)58(43-19-11-3)44-20-12-4)61-63(55-37-29-51(30-38-55)59(45-21-13-5)46-22-14-6)56-39-31-52(32-40-56)60(47-23-15-7)48-24-16-8/h25-40,62-63H,9-24,41-48H2,1-8H3. The van der Waals surface area contributed by atoms with Crippen molar-refractivity contribution in [3.63, 3.8) is 0 Å². The number of nitrogens with zero attached hydrogens (tertiary/aromatic N) is 4. The van der Waals surface area contributed by atoms with E-state index in [9.17, 15) is 0 Å². The molecule has 63 heavy (non-hydrogen) atoms. The van der Waals surface area contributed by atoms with Crippen molar-refractivity contribution in [2.75, 3.05) is 72.0 Å². The molecule has 0 aliphatic heterocycles. The highest BCUT2D eigenvalue weighted by atomic mass is 28.4. The first-order valence-electron chi connectivity index (χ1n) is 26.0. The molecule has 0 fully saturated rings. The molecule has 7 heteroatoms. The Kier molecular flexibility index (Phi) is 25.3. The topological polar surface area (TPSA) is 22.2 Å². The lowest BCUT2D eigenvalue weighted by molar-refractivity contribution is 0.633. The molecule has 0 heterocycles. The van der Waals surface area contributed by atoms with E-state index in [1.54, 1.807) is 0 Å². The van der Waals surface area contributed by atoms with E-state index in [-0.39, 0.29) is 0 Å². The zero-order chi connectivity index (χ0) is 45.1. The van der Waals surface area contributed by atoms with Crippen LogP contribution in [0, 0.1) is 0 Å². The maximum Gasteiger partial charge on any atom is 0.228 e. The zero-order valence-corrected chi connectivity index (χ0v) is 43.9. The maximum absolute atomic E-state index is 7.94. The van der Waals surface area contributed by atoms with Crippen molar-refractivity contribution in [2.45, 2.75) is 158 Å². The van der Waals surface area contributed by atoms with Crippen molar-refractivity contribution in [2.24, 2.45) is 0 Å². The van der Waals surface area contributed by atoms with Gasteiger partial charge in [-0.1, -0.05) is 155 Å². The van der Waals surface area contributed by atoms with Gasteiger partial charge in [-0.15, -0.1) is 0 Å². The normalized spacial score (nSPS) is 11.5. The van der Waals surface area contributed by atoms with Crippen molar-refractivity contribution < 1.29 is 4.12 Å². The molecule has 0 spiro atoms. The monoisotopic (exact) mass is 891 g/mol. The summed E-state index contributed by atoms with van der Waals surface area (Å²) >= 11 is 0. The van der Waals surface area contributed by atoms with E-state index in [0.29, 0.717) is 0 Å². The minimum atomic E-state index is -2.16. The molecule has 5 nitrogen and oxygen atoms in total. The van der Waals surface area contributed by atoms with Crippen LogP contribution in [-0.4, -0.2) is 70.4 Å².